The zero-order valence-electron chi connectivity index (χ0n) is 18.2. The Bertz CT molecular complexity index is 1170. The van der Waals surface area contributed by atoms with Gasteiger partial charge in [0.2, 0.25) is 0 Å². The van der Waals surface area contributed by atoms with Crippen molar-refractivity contribution in [1.82, 2.24) is 14.9 Å². The number of amides is 1. The van der Waals surface area contributed by atoms with Crippen molar-refractivity contribution in [3.8, 4) is 11.5 Å². The summed E-state index contributed by atoms with van der Waals surface area (Å²) in [5.41, 5.74) is 1.22. The van der Waals surface area contributed by atoms with Crippen LogP contribution in [0.5, 0.6) is 11.5 Å². The number of benzene rings is 2. The van der Waals surface area contributed by atoms with Crippen molar-refractivity contribution in [3.63, 3.8) is 0 Å². The minimum absolute atomic E-state index is 0.00724. The molecule has 0 bridgehead atoms. The Morgan fingerprint density at radius 1 is 1.24 bits per heavy atom. The Labute approximate surface area is 195 Å². The first-order valence-electron chi connectivity index (χ1n) is 10.5. The first-order valence-corrected chi connectivity index (χ1v) is 10.9. The van der Waals surface area contributed by atoms with Crippen molar-refractivity contribution >= 4 is 39.9 Å². The Hall–Kier alpha value is -3.17. The molecule has 174 valence electrons. The zero-order chi connectivity index (χ0) is 23.5. The number of ether oxygens (including phenoxy) is 2. The smallest absolute Gasteiger partial charge is 0.251 e. The highest BCUT2D eigenvalue weighted by molar-refractivity contribution is 6.31. The summed E-state index contributed by atoms with van der Waals surface area (Å²) >= 11 is 5.88. The SMILES string of the molecule is COc1cc2c(Nc3ccc(F)c(Cl)c3)ncnc2cc1OC1CCN(C(=O)[C@@H](C)O)CC1. The Balaban J connectivity index is 1.54. The van der Waals surface area contributed by atoms with Gasteiger partial charge < -0.3 is 24.8 Å². The highest BCUT2D eigenvalue weighted by Crippen LogP contribution is 2.36. The fourth-order valence-corrected chi connectivity index (χ4v) is 3.94. The molecule has 0 radical (unpaired) electrons. The van der Waals surface area contributed by atoms with E-state index in [0.717, 1.165) is 0 Å². The topological polar surface area (TPSA) is 96.8 Å². The van der Waals surface area contributed by atoms with Gasteiger partial charge in [-0.25, -0.2) is 14.4 Å². The van der Waals surface area contributed by atoms with E-state index in [4.69, 9.17) is 21.1 Å². The summed E-state index contributed by atoms with van der Waals surface area (Å²) in [6.07, 6.45) is 1.60. The van der Waals surface area contributed by atoms with Gasteiger partial charge in [0.1, 0.15) is 30.2 Å². The number of methoxy groups -OCH3 is 1. The zero-order valence-corrected chi connectivity index (χ0v) is 19.0. The molecule has 2 heterocycles. The standard InChI is InChI=1S/C23H24ClFN4O4/c1-13(30)23(31)29-7-5-15(6-8-29)33-21-11-19-16(10-20(21)32-2)22(27-12-26-19)28-14-3-4-18(25)17(24)9-14/h3-4,9-13,15,30H,5-8H2,1-2H3,(H,26,27,28)/t13-/m1/s1. The van der Waals surface area contributed by atoms with Crippen LogP contribution in [0.25, 0.3) is 10.9 Å². The number of halogens is 2. The molecule has 4 rings (SSSR count). The number of aromatic nitrogens is 2. The van der Waals surface area contributed by atoms with Crippen LogP contribution in [-0.4, -0.2) is 58.3 Å². The number of nitrogens with zero attached hydrogens (tertiary/aromatic N) is 3. The van der Waals surface area contributed by atoms with Crippen LogP contribution in [0.1, 0.15) is 19.8 Å². The van der Waals surface area contributed by atoms with E-state index in [9.17, 15) is 14.3 Å². The molecule has 1 aromatic heterocycles. The molecule has 0 saturated carbocycles. The minimum atomic E-state index is -1.00. The van der Waals surface area contributed by atoms with Crippen LogP contribution in [0.4, 0.5) is 15.9 Å². The fourth-order valence-electron chi connectivity index (χ4n) is 3.76. The normalized spacial score (nSPS) is 15.4. The second kappa shape index (κ2) is 9.76. The van der Waals surface area contributed by atoms with Crippen LogP contribution in [0.2, 0.25) is 5.02 Å². The number of nitrogens with one attached hydrogen (secondary N) is 1. The second-order valence-electron chi connectivity index (χ2n) is 7.81. The molecule has 1 saturated heterocycles. The molecule has 1 atom stereocenters. The first-order chi connectivity index (χ1) is 15.9. The maximum atomic E-state index is 13.5. The van der Waals surface area contributed by atoms with Gasteiger partial charge >= 0.3 is 0 Å². The molecule has 0 aliphatic carbocycles. The van der Waals surface area contributed by atoms with Crippen molar-refractivity contribution in [1.29, 1.82) is 0 Å². The number of hydrogen-bond acceptors (Lipinski definition) is 7. The molecule has 1 aliphatic heterocycles. The van der Waals surface area contributed by atoms with Crippen LogP contribution in [0, 0.1) is 5.82 Å². The maximum Gasteiger partial charge on any atom is 0.251 e. The fraction of sp³-hybridized carbons (Fsp3) is 0.348. The number of carbonyl (C=O) groups is 1. The molecular weight excluding hydrogens is 451 g/mol. The van der Waals surface area contributed by atoms with E-state index in [2.05, 4.69) is 15.3 Å². The third-order valence-electron chi connectivity index (χ3n) is 5.51. The van der Waals surface area contributed by atoms with E-state index in [0.29, 0.717) is 59.8 Å². The average Bonchev–Trinajstić information content (AvgIpc) is 2.81. The van der Waals surface area contributed by atoms with Crippen molar-refractivity contribution in [2.45, 2.75) is 32.0 Å². The van der Waals surface area contributed by atoms with E-state index in [1.54, 1.807) is 30.2 Å². The summed E-state index contributed by atoms with van der Waals surface area (Å²) in [6.45, 7) is 2.50. The predicted molar refractivity (Wildman–Crippen MR) is 123 cm³/mol. The van der Waals surface area contributed by atoms with Crippen LogP contribution < -0.4 is 14.8 Å². The first kappa shape index (κ1) is 23.0. The minimum Gasteiger partial charge on any atom is -0.493 e. The van der Waals surface area contributed by atoms with Gasteiger partial charge in [-0.15, -0.1) is 0 Å². The summed E-state index contributed by atoms with van der Waals surface area (Å²) in [4.78, 5) is 22.3. The van der Waals surface area contributed by atoms with Crippen LogP contribution in [0.3, 0.4) is 0 Å². The highest BCUT2D eigenvalue weighted by Gasteiger charge is 2.27. The average molecular weight is 475 g/mol. The van der Waals surface area contributed by atoms with E-state index in [1.165, 1.54) is 25.4 Å². The maximum absolute atomic E-state index is 13.5. The summed E-state index contributed by atoms with van der Waals surface area (Å²) in [6, 6.07) is 7.89. The van der Waals surface area contributed by atoms with E-state index in [1.807, 2.05) is 0 Å². The number of likely N-dealkylation sites (tertiary alicyclic amines) is 1. The van der Waals surface area contributed by atoms with Crippen molar-refractivity contribution in [3.05, 3.63) is 47.5 Å². The Morgan fingerprint density at radius 3 is 2.67 bits per heavy atom. The summed E-state index contributed by atoms with van der Waals surface area (Å²) in [7, 11) is 1.55. The molecule has 2 N–H and O–H groups in total. The molecular formula is C23H24ClFN4O4. The van der Waals surface area contributed by atoms with Gasteiger partial charge in [0.05, 0.1) is 17.6 Å². The van der Waals surface area contributed by atoms with Crippen LogP contribution >= 0.6 is 11.6 Å². The summed E-state index contributed by atoms with van der Waals surface area (Å²) in [5.74, 6) is 0.799. The molecule has 0 spiro atoms. The van der Waals surface area contributed by atoms with Crippen molar-refractivity contribution in [2.24, 2.45) is 0 Å². The molecule has 1 fully saturated rings. The molecule has 8 nitrogen and oxygen atoms in total. The van der Waals surface area contributed by atoms with Gasteiger partial charge in [-0.3, -0.25) is 4.79 Å². The van der Waals surface area contributed by atoms with Gasteiger partial charge in [0, 0.05) is 43.1 Å². The number of carbonyl (C=O) groups excluding carboxylic acids is 1. The monoisotopic (exact) mass is 474 g/mol. The van der Waals surface area contributed by atoms with E-state index < -0.39 is 11.9 Å². The number of piperidine rings is 1. The number of hydrogen-bond donors (Lipinski definition) is 2. The Kier molecular flexibility index (Phi) is 6.80. The molecule has 33 heavy (non-hydrogen) atoms. The lowest BCUT2D eigenvalue weighted by molar-refractivity contribution is -0.141. The van der Waals surface area contributed by atoms with E-state index >= 15 is 0 Å². The number of anilines is 2. The Morgan fingerprint density at radius 2 is 2.00 bits per heavy atom. The number of aliphatic hydroxyl groups is 1. The van der Waals surface area contributed by atoms with Gasteiger partial charge in [-0.05, 0) is 31.2 Å². The predicted octanol–water partition coefficient (Wildman–Crippen LogP) is 3.93. The largest absolute Gasteiger partial charge is 0.493 e. The third-order valence-corrected chi connectivity index (χ3v) is 5.80. The quantitative estimate of drug-likeness (QED) is 0.558. The van der Waals surface area contributed by atoms with Gasteiger partial charge in [0.15, 0.2) is 11.5 Å². The third kappa shape index (κ3) is 5.09. The number of aliphatic hydroxyl groups excluding tert-OH is 1. The molecule has 3 aromatic rings. The lowest BCUT2D eigenvalue weighted by Crippen LogP contribution is -2.45. The molecule has 0 unspecified atom stereocenters. The highest BCUT2D eigenvalue weighted by atomic mass is 35.5. The molecule has 1 aliphatic rings. The second-order valence-corrected chi connectivity index (χ2v) is 8.22. The van der Waals surface area contributed by atoms with Crippen LogP contribution in [-0.2, 0) is 4.79 Å². The van der Waals surface area contributed by atoms with Crippen LogP contribution in [0.15, 0.2) is 36.7 Å². The number of rotatable bonds is 6. The molecule has 10 heteroatoms. The summed E-state index contributed by atoms with van der Waals surface area (Å²) < 4.78 is 25.2. The van der Waals surface area contributed by atoms with Crippen molar-refractivity contribution < 1.29 is 23.8 Å². The lowest BCUT2D eigenvalue weighted by Gasteiger charge is -2.33. The molecule has 2 aromatic carbocycles. The molecule has 1 amide bonds. The van der Waals surface area contributed by atoms with Gasteiger partial charge in [-0.1, -0.05) is 11.6 Å². The van der Waals surface area contributed by atoms with E-state index in [-0.39, 0.29) is 17.0 Å². The van der Waals surface area contributed by atoms with Gasteiger partial charge in [0.25, 0.3) is 5.91 Å². The van der Waals surface area contributed by atoms with Crippen molar-refractivity contribution in [2.75, 3.05) is 25.5 Å². The lowest BCUT2D eigenvalue weighted by atomic mass is 10.1. The summed E-state index contributed by atoms with van der Waals surface area (Å²) in [5, 5.41) is 13.3. The number of fused-ring (bicyclic) bond motifs is 1. The van der Waals surface area contributed by atoms with Gasteiger partial charge in [-0.2, -0.15) is 0 Å².